The first-order valence-corrected chi connectivity index (χ1v) is 9.47. The first-order valence-electron chi connectivity index (χ1n) is 9.47. The largest absolute Gasteiger partial charge is 0.494 e. The van der Waals surface area contributed by atoms with Crippen molar-refractivity contribution in [3.05, 3.63) is 107 Å². The van der Waals surface area contributed by atoms with Gasteiger partial charge in [-0.3, -0.25) is 9.69 Å². The van der Waals surface area contributed by atoms with E-state index in [9.17, 15) is 9.18 Å². The summed E-state index contributed by atoms with van der Waals surface area (Å²) in [5.74, 6) is 0.306. The standard InChI is InChI=1S/C25H20FNO2/c1-2-29-23-14-8-18(9-15-23)16-20-17-24(19-6-4-3-5-7-19)27(25(20)28)22-12-10-21(26)11-13-22/h3-17H,2H2,1H3/b20-16+. The van der Waals surface area contributed by atoms with Gasteiger partial charge in [0.25, 0.3) is 5.91 Å². The van der Waals surface area contributed by atoms with Crippen LogP contribution in [-0.2, 0) is 4.79 Å². The third kappa shape index (κ3) is 3.97. The van der Waals surface area contributed by atoms with E-state index in [0.29, 0.717) is 17.9 Å². The van der Waals surface area contributed by atoms with Gasteiger partial charge in [0.15, 0.2) is 0 Å². The highest BCUT2D eigenvalue weighted by Gasteiger charge is 2.30. The van der Waals surface area contributed by atoms with Crippen LogP contribution in [0.25, 0.3) is 11.8 Å². The summed E-state index contributed by atoms with van der Waals surface area (Å²) in [4.78, 5) is 14.9. The van der Waals surface area contributed by atoms with E-state index < -0.39 is 0 Å². The zero-order valence-electron chi connectivity index (χ0n) is 16.0. The van der Waals surface area contributed by atoms with Crippen LogP contribution in [0.15, 0.2) is 90.5 Å². The number of ether oxygens (including phenoxy) is 1. The normalized spacial score (nSPS) is 15.0. The summed E-state index contributed by atoms with van der Waals surface area (Å²) in [5, 5.41) is 0. The van der Waals surface area contributed by atoms with Crippen LogP contribution in [-0.4, -0.2) is 12.5 Å². The van der Waals surface area contributed by atoms with Gasteiger partial charge in [-0.1, -0.05) is 42.5 Å². The van der Waals surface area contributed by atoms with Gasteiger partial charge in [0.05, 0.1) is 12.3 Å². The van der Waals surface area contributed by atoms with E-state index in [1.165, 1.54) is 12.1 Å². The maximum atomic E-state index is 13.4. The van der Waals surface area contributed by atoms with Crippen molar-refractivity contribution in [3.63, 3.8) is 0 Å². The highest BCUT2D eigenvalue weighted by Crippen LogP contribution is 2.35. The second-order valence-electron chi connectivity index (χ2n) is 6.61. The number of carbonyl (C=O) groups excluding carboxylic acids is 1. The molecule has 0 radical (unpaired) electrons. The van der Waals surface area contributed by atoms with Crippen molar-refractivity contribution in [3.8, 4) is 5.75 Å². The molecule has 3 nitrogen and oxygen atoms in total. The molecule has 29 heavy (non-hydrogen) atoms. The molecule has 0 bridgehead atoms. The van der Waals surface area contributed by atoms with Gasteiger partial charge < -0.3 is 4.74 Å². The van der Waals surface area contributed by atoms with Gasteiger partial charge in [0, 0.05) is 11.3 Å². The summed E-state index contributed by atoms with van der Waals surface area (Å²) in [5.41, 5.74) is 3.78. The summed E-state index contributed by atoms with van der Waals surface area (Å²) in [6.07, 6.45) is 3.72. The Morgan fingerprint density at radius 2 is 1.62 bits per heavy atom. The smallest absolute Gasteiger partial charge is 0.262 e. The number of carbonyl (C=O) groups is 1. The van der Waals surface area contributed by atoms with Crippen molar-refractivity contribution < 1.29 is 13.9 Å². The molecule has 0 atom stereocenters. The first-order chi connectivity index (χ1) is 14.2. The number of hydrogen-bond donors (Lipinski definition) is 0. The van der Waals surface area contributed by atoms with Gasteiger partial charge in [-0.2, -0.15) is 0 Å². The molecule has 3 aromatic rings. The molecule has 3 aromatic carbocycles. The fraction of sp³-hybridized carbons (Fsp3) is 0.0800. The Kier molecular flexibility index (Phi) is 5.25. The maximum absolute atomic E-state index is 13.4. The summed E-state index contributed by atoms with van der Waals surface area (Å²) in [6, 6.07) is 23.2. The Bertz CT molecular complexity index is 1070. The molecule has 4 heteroatoms. The SMILES string of the molecule is CCOc1ccc(/C=C2\C=C(c3ccccc3)N(c3ccc(F)cc3)C2=O)cc1. The fourth-order valence-electron chi connectivity index (χ4n) is 3.29. The second kappa shape index (κ2) is 8.15. The number of benzene rings is 3. The van der Waals surface area contributed by atoms with Crippen molar-refractivity contribution in [2.24, 2.45) is 0 Å². The Morgan fingerprint density at radius 3 is 2.28 bits per heavy atom. The number of rotatable bonds is 5. The van der Waals surface area contributed by atoms with E-state index in [-0.39, 0.29) is 11.7 Å². The van der Waals surface area contributed by atoms with E-state index in [4.69, 9.17) is 4.74 Å². The van der Waals surface area contributed by atoms with Gasteiger partial charge in [0.2, 0.25) is 0 Å². The predicted molar refractivity (Wildman–Crippen MR) is 114 cm³/mol. The molecule has 0 saturated carbocycles. The predicted octanol–water partition coefficient (Wildman–Crippen LogP) is 5.70. The van der Waals surface area contributed by atoms with Gasteiger partial charge in [-0.25, -0.2) is 4.39 Å². The Balaban J connectivity index is 1.74. The molecule has 0 fully saturated rings. The molecule has 0 aromatic heterocycles. The molecule has 144 valence electrons. The minimum Gasteiger partial charge on any atom is -0.494 e. The third-order valence-corrected chi connectivity index (χ3v) is 4.65. The lowest BCUT2D eigenvalue weighted by Gasteiger charge is -2.20. The Morgan fingerprint density at radius 1 is 0.931 bits per heavy atom. The number of nitrogens with zero attached hydrogens (tertiary/aromatic N) is 1. The minimum atomic E-state index is -0.337. The lowest BCUT2D eigenvalue weighted by molar-refractivity contribution is -0.113. The monoisotopic (exact) mass is 385 g/mol. The summed E-state index contributed by atoms with van der Waals surface area (Å²) >= 11 is 0. The minimum absolute atomic E-state index is 0.149. The van der Waals surface area contributed by atoms with Gasteiger partial charge in [0.1, 0.15) is 11.6 Å². The molecular formula is C25H20FNO2. The number of halogens is 1. The summed E-state index contributed by atoms with van der Waals surface area (Å²) in [6.45, 7) is 2.54. The molecule has 1 amide bonds. The first kappa shape index (κ1) is 18.7. The molecule has 1 aliphatic heterocycles. The third-order valence-electron chi connectivity index (χ3n) is 4.65. The number of anilines is 1. The quantitative estimate of drug-likeness (QED) is 0.528. The zero-order chi connectivity index (χ0) is 20.2. The van der Waals surface area contributed by atoms with Crippen LogP contribution in [0.5, 0.6) is 5.75 Å². The van der Waals surface area contributed by atoms with Crippen molar-refractivity contribution >= 4 is 23.4 Å². The highest BCUT2D eigenvalue weighted by atomic mass is 19.1. The summed E-state index contributed by atoms with van der Waals surface area (Å²) < 4.78 is 18.9. The molecule has 1 aliphatic rings. The van der Waals surface area contributed by atoms with Crippen LogP contribution in [0.1, 0.15) is 18.1 Å². The number of hydrogen-bond acceptors (Lipinski definition) is 2. The van der Waals surface area contributed by atoms with Crippen molar-refractivity contribution in [1.82, 2.24) is 0 Å². The Hall–Kier alpha value is -3.66. The average Bonchev–Trinajstić information content (AvgIpc) is 3.07. The molecule has 0 spiro atoms. The topological polar surface area (TPSA) is 29.5 Å². The van der Waals surface area contributed by atoms with E-state index >= 15 is 0 Å². The van der Waals surface area contributed by atoms with Crippen LogP contribution in [0.2, 0.25) is 0 Å². The van der Waals surface area contributed by atoms with Crippen LogP contribution < -0.4 is 9.64 Å². The molecule has 4 rings (SSSR count). The molecule has 0 N–H and O–H groups in total. The van der Waals surface area contributed by atoms with Crippen molar-refractivity contribution in [2.75, 3.05) is 11.5 Å². The van der Waals surface area contributed by atoms with Crippen LogP contribution >= 0.6 is 0 Å². The Labute approximate surface area is 169 Å². The van der Waals surface area contributed by atoms with Crippen molar-refractivity contribution in [2.45, 2.75) is 6.92 Å². The maximum Gasteiger partial charge on any atom is 0.262 e. The van der Waals surface area contributed by atoms with Gasteiger partial charge in [-0.15, -0.1) is 0 Å². The lowest BCUT2D eigenvalue weighted by Crippen LogP contribution is -2.24. The van der Waals surface area contributed by atoms with E-state index in [1.54, 1.807) is 17.0 Å². The van der Waals surface area contributed by atoms with Crippen LogP contribution in [0.4, 0.5) is 10.1 Å². The fourth-order valence-corrected chi connectivity index (χ4v) is 3.29. The zero-order valence-corrected chi connectivity index (χ0v) is 16.0. The van der Waals surface area contributed by atoms with Gasteiger partial charge >= 0.3 is 0 Å². The van der Waals surface area contributed by atoms with Crippen LogP contribution in [0, 0.1) is 5.82 Å². The van der Waals surface area contributed by atoms with Gasteiger partial charge in [-0.05, 0) is 66.6 Å². The molecule has 1 heterocycles. The van der Waals surface area contributed by atoms with Crippen molar-refractivity contribution in [1.29, 1.82) is 0 Å². The lowest BCUT2D eigenvalue weighted by atomic mass is 10.1. The molecular weight excluding hydrogens is 365 g/mol. The summed E-state index contributed by atoms with van der Waals surface area (Å²) in [7, 11) is 0. The molecule has 0 saturated heterocycles. The van der Waals surface area contributed by atoms with E-state index in [1.807, 2.05) is 73.7 Å². The molecule has 0 aliphatic carbocycles. The average molecular weight is 385 g/mol. The molecule has 0 unspecified atom stereocenters. The number of amides is 1. The highest BCUT2D eigenvalue weighted by molar-refractivity contribution is 6.23. The van der Waals surface area contributed by atoms with E-state index in [2.05, 4.69) is 0 Å². The second-order valence-corrected chi connectivity index (χ2v) is 6.61. The van der Waals surface area contributed by atoms with E-state index in [0.717, 1.165) is 22.6 Å². The van der Waals surface area contributed by atoms with Crippen LogP contribution in [0.3, 0.4) is 0 Å².